The minimum Gasteiger partial charge on any atom is -0.392 e. The van der Waals surface area contributed by atoms with Crippen LogP contribution < -0.4 is 10.5 Å². The number of nitrogens with one attached hydrogen (secondary N) is 1. The van der Waals surface area contributed by atoms with E-state index in [9.17, 15) is 21.9 Å². The molecule has 1 aliphatic rings. The summed E-state index contributed by atoms with van der Waals surface area (Å²) in [5, 5.41) is 17.4. The molecule has 0 fully saturated rings. The number of thioether (sulfide) groups is 1. The summed E-state index contributed by atoms with van der Waals surface area (Å²) < 4.78 is 45.9. The van der Waals surface area contributed by atoms with Crippen LogP contribution in [0.1, 0.15) is 13.3 Å². The molecule has 1 rings (SSSR count). The predicted octanol–water partition coefficient (Wildman–Crippen LogP) is -0.520. The molecule has 0 saturated heterocycles. The van der Waals surface area contributed by atoms with Gasteiger partial charge in [-0.1, -0.05) is 25.3 Å². The van der Waals surface area contributed by atoms with E-state index in [0.29, 0.717) is 24.7 Å². The molecule has 0 radical (unpaired) electrons. The number of sulfonamides is 1. The first-order valence-corrected chi connectivity index (χ1v) is 9.84. The van der Waals surface area contributed by atoms with Crippen LogP contribution >= 0.6 is 11.8 Å². The fourth-order valence-electron chi connectivity index (χ4n) is 1.82. The Kier molecular flexibility index (Phi) is 5.81. The van der Waals surface area contributed by atoms with E-state index < -0.39 is 30.7 Å². The molecule has 7 nitrogen and oxygen atoms in total. The van der Waals surface area contributed by atoms with Gasteiger partial charge < -0.3 is 10.4 Å². The lowest BCUT2D eigenvalue weighted by molar-refractivity contribution is 0.314. The van der Waals surface area contributed by atoms with Crippen molar-refractivity contribution < 1.29 is 21.9 Å². The van der Waals surface area contributed by atoms with Crippen LogP contribution in [0.3, 0.4) is 0 Å². The molecule has 0 aromatic carbocycles. The highest BCUT2D eigenvalue weighted by molar-refractivity contribution is 8.27. The molecule has 0 aromatic rings. The summed E-state index contributed by atoms with van der Waals surface area (Å²) in [4.78, 5) is 0. The zero-order valence-electron chi connectivity index (χ0n) is 11.0. The van der Waals surface area contributed by atoms with Crippen molar-refractivity contribution in [2.45, 2.75) is 19.4 Å². The van der Waals surface area contributed by atoms with Gasteiger partial charge in [-0.25, -0.2) is 22.0 Å². The molecule has 10 heteroatoms. The number of likely N-dealkylation sites (N-methyl/N-ethyl adjacent to an activating group) is 1. The Hall–Kier alpha value is -0.390. The maximum absolute atomic E-state index is 12.1. The van der Waals surface area contributed by atoms with Gasteiger partial charge in [-0.05, 0) is 18.5 Å². The van der Waals surface area contributed by atoms with Gasteiger partial charge in [0.1, 0.15) is 8.47 Å². The summed E-state index contributed by atoms with van der Waals surface area (Å²) >= 11 is 0.481. The normalized spacial score (nSPS) is 22.9. The Labute approximate surface area is 123 Å². The van der Waals surface area contributed by atoms with Gasteiger partial charge >= 0.3 is 0 Å². The third-order valence-electron chi connectivity index (χ3n) is 2.79. The van der Waals surface area contributed by atoms with Crippen molar-refractivity contribution in [1.82, 2.24) is 5.32 Å². The first kappa shape index (κ1) is 17.7. The molecule has 0 spiro atoms. The Morgan fingerprint density at radius 1 is 1.60 bits per heavy atom. The van der Waals surface area contributed by atoms with Gasteiger partial charge in [-0.3, -0.25) is 0 Å². The maximum Gasteiger partial charge on any atom is 0.243 e. The number of hydrogen-bond acceptors (Lipinski definition) is 7. The number of aliphatic hydroxyl groups excluding tert-OH is 1. The number of aliphatic hydroxyl groups is 1. The lowest BCUT2D eigenvalue weighted by atomic mass is 10.1. The predicted molar refractivity (Wildman–Crippen MR) is 79.8 cm³/mol. The summed E-state index contributed by atoms with van der Waals surface area (Å²) in [7, 11) is -7.68. The molecule has 1 heterocycles. The number of nitrogens with two attached hydrogens (primary N) is 1. The van der Waals surface area contributed by atoms with E-state index >= 15 is 0 Å². The van der Waals surface area contributed by atoms with E-state index in [1.54, 1.807) is 0 Å². The van der Waals surface area contributed by atoms with Gasteiger partial charge in [-0.2, -0.15) is 0 Å². The highest BCUT2D eigenvalue weighted by Crippen LogP contribution is 2.38. The summed E-state index contributed by atoms with van der Waals surface area (Å²) in [5.74, 6) is -0.117. The largest absolute Gasteiger partial charge is 0.392 e. The minimum absolute atomic E-state index is 0.117. The molecule has 1 atom stereocenters. The van der Waals surface area contributed by atoms with Gasteiger partial charge in [0.25, 0.3) is 0 Å². The van der Waals surface area contributed by atoms with E-state index in [4.69, 9.17) is 5.14 Å². The average molecular weight is 342 g/mol. The van der Waals surface area contributed by atoms with Crippen LogP contribution in [0.4, 0.5) is 0 Å². The van der Waals surface area contributed by atoms with Crippen molar-refractivity contribution in [2.24, 2.45) is 5.14 Å². The fraction of sp³-hybridized carbons (Fsp3) is 0.600. The monoisotopic (exact) mass is 342 g/mol. The van der Waals surface area contributed by atoms with Gasteiger partial charge in [0, 0.05) is 6.04 Å². The number of hydrogen-bond donors (Lipinski definition) is 3. The zero-order valence-corrected chi connectivity index (χ0v) is 13.4. The van der Waals surface area contributed by atoms with E-state index in [1.165, 1.54) is 0 Å². The van der Waals surface area contributed by atoms with E-state index in [2.05, 4.69) is 11.9 Å². The number of sulfone groups is 1. The molecule has 0 aromatic heterocycles. The molecule has 0 aliphatic carbocycles. The van der Waals surface area contributed by atoms with Gasteiger partial charge in [-0.15, -0.1) is 0 Å². The average Bonchev–Trinajstić information content (AvgIpc) is 2.32. The van der Waals surface area contributed by atoms with Crippen molar-refractivity contribution in [3.8, 4) is 0 Å². The Morgan fingerprint density at radius 3 is 2.65 bits per heavy atom. The van der Waals surface area contributed by atoms with Gasteiger partial charge in [0.15, 0.2) is 9.84 Å². The van der Waals surface area contributed by atoms with Crippen molar-refractivity contribution in [3.63, 3.8) is 0 Å². The summed E-state index contributed by atoms with van der Waals surface area (Å²) in [5.41, 5.74) is 0.257. The van der Waals surface area contributed by atoms with Crippen LogP contribution in [0.15, 0.2) is 20.6 Å². The summed E-state index contributed by atoms with van der Waals surface area (Å²) in [6.07, 6.45) is 0.331. The van der Waals surface area contributed by atoms with E-state index in [0.717, 1.165) is 0 Å². The molecule has 1 aliphatic heterocycles. The highest BCUT2D eigenvalue weighted by atomic mass is 32.3. The molecular formula is C10H18N2O5S3. The SMILES string of the molecule is C=C(SC1=C(CO)C(NCC)CCS1(=O)=O)S(N)(=O)=O. The standard InChI is InChI=1S/C10H18N2O5S3/c1-3-12-9-4-5-19(14,15)10(8(9)6-13)18-7(2)20(11,16)17/h9,12-13H,2-6H2,1H3,(H2,11,16,17). The molecule has 20 heavy (non-hydrogen) atoms. The lowest BCUT2D eigenvalue weighted by Gasteiger charge is -2.27. The third-order valence-corrected chi connectivity index (χ3v) is 7.65. The molecule has 1 unspecified atom stereocenters. The first-order valence-electron chi connectivity index (χ1n) is 5.83. The highest BCUT2D eigenvalue weighted by Gasteiger charge is 2.34. The Morgan fingerprint density at radius 2 is 2.20 bits per heavy atom. The second kappa shape index (κ2) is 6.58. The second-order valence-electron chi connectivity index (χ2n) is 4.21. The fourth-order valence-corrected chi connectivity index (χ4v) is 5.63. The van der Waals surface area contributed by atoms with Crippen LogP contribution in [0, 0.1) is 0 Å². The second-order valence-corrected chi connectivity index (χ2v) is 9.46. The number of rotatable bonds is 6. The molecule has 0 bridgehead atoms. The van der Waals surface area contributed by atoms with Gasteiger partial charge in [0.05, 0.1) is 12.4 Å². The summed E-state index contributed by atoms with van der Waals surface area (Å²) in [6, 6.07) is -0.302. The molecule has 0 saturated carbocycles. The van der Waals surface area contributed by atoms with Crippen LogP contribution in [-0.2, 0) is 19.9 Å². The Bertz CT molecular complexity index is 621. The van der Waals surface area contributed by atoms with Crippen molar-refractivity contribution in [2.75, 3.05) is 18.9 Å². The number of primary sulfonamides is 1. The maximum atomic E-state index is 12.1. The van der Waals surface area contributed by atoms with E-state index in [1.807, 2.05) is 6.92 Å². The first-order chi connectivity index (χ1) is 9.13. The molecule has 4 N–H and O–H groups in total. The van der Waals surface area contributed by atoms with Crippen molar-refractivity contribution >= 4 is 31.6 Å². The molecular weight excluding hydrogens is 324 g/mol. The van der Waals surface area contributed by atoms with Crippen molar-refractivity contribution in [1.29, 1.82) is 0 Å². The third kappa shape index (κ3) is 4.06. The minimum atomic E-state index is -4.05. The van der Waals surface area contributed by atoms with Gasteiger partial charge in [0.2, 0.25) is 10.0 Å². The van der Waals surface area contributed by atoms with E-state index in [-0.39, 0.29) is 21.6 Å². The quantitative estimate of drug-likeness (QED) is 0.593. The lowest BCUT2D eigenvalue weighted by Crippen LogP contribution is -2.38. The van der Waals surface area contributed by atoms with Crippen LogP contribution in [-0.4, -0.2) is 46.9 Å². The zero-order chi connectivity index (χ0) is 15.6. The Balaban J connectivity index is 3.27. The molecule has 0 amide bonds. The topological polar surface area (TPSA) is 127 Å². The van der Waals surface area contributed by atoms with Crippen molar-refractivity contribution in [3.05, 3.63) is 20.6 Å². The molecule has 116 valence electrons. The smallest absolute Gasteiger partial charge is 0.243 e. The van der Waals surface area contributed by atoms with Crippen LogP contribution in [0.5, 0.6) is 0 Å². The summed E-state index contributed by atoms with van der Waals surface area (Å²) in [6.45, 7) is 5.25. The van der Waals surface area contributed by atoms with Crippen LogP contribution in [0.25, 0.3) is 0 Å². The van der Waals surface area contributed by atoms with Crippen LogP contribution in [0.2, 0.25) is 0 Å².